The zero-order chi connectivity index (χ0) is 21.8. The van der Waals surface area contributed by atoms with E-state index in [-0.39, 0.29) is 23.9 Å². The number of para-hydroxylation sites is 1. The molecule has 7 nitrogen and oxygen atoms in total. The topological polar surface area (TPSA) is 93.1 Å². The van der Waals surface area contributed by atoms with E-state index < -0.39 is 0 Å². The van der Waals surface area contributed by atoms with Crippen molar-refractivity contribution in [3.8, 4) is 0 Å². The summed E-state index contributed by atoms with van der Waals surface area (Å²) >= 11 is 1.16. The van der Waals surface area contributed by atoms with E-state index >= 15 is 0 Å². The molecule has 0 fully saturated rings. The molecule has 0 aliphatic rings. The molecule has 31 heavy (non-hydrogen) atoms. The molecule has 0 bridgehead atoms. The molecular formula is C23H20N4O3S. The minimum atomic E-state index is -0.340. The summed E-state index contributed by atoms with van der Waals surface area (Å²) in [6.07, 6.45) is 1.35. The van der Waals surface area contributed by atoms with Gasteiger partial charge in [-0.2, -0.15) is 0 Å². The Balaban J connectivity index is 1.53. The molecule has 0 aliphatic carbocycles. The lowest BCUT2D eigenvalue weighted by Gasteiger charge is -2.07. The average Bonchev–Trinajstić information content (AvgIpc) is 3.13. The number of carbonyl (C=O) groups excluding carboxylic acids is 2. The Hall–Kier alpha value is -3.78. The van der Waals surface area contributed by atoms with Crippen LogP contribution in [0.4, 0.5) is 5.69 Å². The van der Waals surface area contributed by atoms with Gasteiger partial charge in [-0.05, 0) is 30.2 Å². The summed E-state index contributed by atoms with van der Waals surface area (Å²) in [5, 5.41) is 5.99. The number of hydrogen-bond donors (Lipinski definition) is 2. The Morgan fingerprint density at radius 3 is 2.42 bits per heavy atom. The van der Waals surface area contributed by atoms with Crippen molar-refractivity contribution in [2.45, 2.75) is 20.0 Å². The molecule has 4 rings (SSSR count). The van der Waals surface area contributed by atoms with Crippen molar-refractivity contribution in [1.82, 2.24) is 14.9 Å². The zero-order valence-electron chi connectivity index (χ0n) is 16.8. The highest BCUT2D eigenvalue weighted by Crippen LogP contribution is 2.27. The van der Waals surface area contributed by atoms with E-state index in [9.17, 15) is 14.4 Å². The van der Waals surface area contributed by atoms with Gasteiger partial charge in [0.1, 0.15) is 11.4 Å². The van der Waals surface area contributed by atoms with Crippen LogP contribution in [0.15, 0.2) is 71.8 Å². The van der Waals surface area contributed by atoms with Crippen molar-refractivity contribution in [2.24, 2.45) is 0 Å². The molecule has 0 aliphatic heterocycles. The molecule has 0 radical (unpaired) electrons. The van der Waals surface area contributed by atoms with E-state index in [1.54, 1.807) is 19.1 Å². The van der Waals surface area contributed by atoms with Crippen LogP contribution >= 0.6 is 11.3 Å². The minimum absolute atomic E-state index is 0.143. The molecule has 0 spiro atoms. The number of carbonyl (C=O) groups is 2. The highest BCUT2D eigenvalue weighted by molar-refractivity contribution is 7.20. The third-order valence-corrected chi connectivity index (χ3v) is 6.00. The van der Waals surface area contributed by atoms with Gasteiger partial charge in [-0.25, -0.2) is 4.98 Å². The molecule has 0 unspecified atom stereocenters. The molecule has 2 aromatic carbocycles. The number of benzene rings is 2. The zero-order valence-corrected chi connectivity index (χ0v) is 17.6. The predicted molar refractivity (Wildman–Crippen MR) is 121 cm³/mol. The number of nitrogens with zero attached hydrogens (tertiary/aromatic N) is 2. The van der Waals surface area contributed by atoms with Gasteiger partial charge in [-0.1, -0.05) is 48.5 Å². The maximum atomic E-state index is 13.0. The summed E-state index contributed by atoms with van der Waals surface area (Å²) in [5.41, 5.74) is 1.86. The summed E-state index contributed by atoms with van der Waals surface area (Å²) in [6, 6.07) is 18.6. The Morgan fingerprint density at radius 2 is 1.71 bits per heavy atom. The van der Waals surface area contributed by atoms with E-state index in [1.165, 1.54) is 10.9 Å². The molecule has 0 saturated heterocycles. The van der Waals surface area contributed by atoms with Gasteiger partial charge in [-0.15, -0.1) is 11.3 Å². The fourth-order valence-corrected chi connectivity index (χ4v) is 4.24. The van der Waals surface area contributed by atoms with Gasteiger partial charge in [0.15, 0.2) is 0 Å². The van der Waals surface area contributed by atoms with Crippen LogP contribution in [0.2, 0.25) is 0 Å². The third-order valence-electron chi connectivity index (χ3n) is 4.80. The molecule has 0 saturated carbocycles. The lowest BCUT2D eigenvalue weighted by molar-refractivity contribution is -0.121. The minimum Gasteiger partial charge on any atom is -0.350 e. The van der Waals surface area contributed by atoms with Crippen LogP contribution in [-0.2, 0) is 17.9 Å². The van der Waals surface area contributed by atoms with E-state index in [0.717, 1.165) is 16.9 Å². The molecule has 2 N–H and O–H groups in total. The van der Waals surface area contributed by atoms with Crippen molar-refractivity contribution in [3.63, 3.8) is 0 Å². The smallest absolute Gasteiger partial charge is 0.266 e. The van der Waals surface area contributed by atoms with Crippen molar-refractivity contribution in [3.05, 3.63) is 93.3 Å². The Bertz CT molecular complexity index is 1300. The second kappa shape index (κ2) is 8.93. The number of thiophene rings is 1. The first kappa shape index (κ1) is 20.5. The van der Waals surface area contributed by atoms with Gasteiger partial charge in [0.25, 0.3) is 11.5 Å². The summed E-state index contributed by atoms with van der Waals surface area (Å²) < 4.78 is 1.27. The SMILES string of the molecule is Cc1c(C(=O)Nc2ccccc2)sc2ncn(CC(=O)NCc3ccccc3)c(=O)c12. The number of aryl methyl sites for hydroxylation is 1. The second-order valence-electron chi connectivity index (χ2n) is 7.00. The molecule has 2 amide bonds. The average molecular weight is 433 g/mol. The van der Waals surface area contributed by atoms with Gasteiger partial charge in [0.05, 0.1) is 16.6 Å². The first-order valence-electron chi connectivity index (χ1n) is 9.68. The number of anilines is 1. The van der Waals surface area contributed by atoms with Crippen LogP contribution in [0.3, 0.4) is 0 Å². The number of aromatic nitrogens is 2. The monoisotopic (exact) mass is 432 g/mol. The van der Waals surface area contributed by atoms with Crippen molar-refractivity contribution >= 4 is 39.1 Å². The Kier molecular flexibility index (Phi) is 5.90. The highest BCUT2D eigenvalue weighted by Gasteiger charge is 2.20. The standard InChI is InChI=1S/C23H20N4O3S/c1-15-19-22(31-20(15)21(29)26-17-10-6-3-7-11-17)25-14-27(23(19)30)13-18(28)24-12-16-8-4-2-5-9-16/h2-11,14H,12-13H2,1H3,(H,24,28)(H,26,29). The molecular weight excluding hydrogens is 412 g/mol. The van der Waals surface area contributed by atoms with Crippen molar-refractivity contribution in [1.29, 1.82) is 0 Å². The first-order valence-corrected chi connectivity index (χ1v) is 10.5. The summed E-state index contributed by atoms with van der Waals surface area (Å²) in [7, 11) is 0. The van der Waals surface area contributed by atoms with Gasteiger partial charge >= 0.3 is 0 Å². The maximum absolute atomic E-state index is 13.0. The lowest BCUT2D eigenvalue weighted by Crippen LogP contribution is -2.32. The van der Waals surface area contributed by atoms with Crippen LogP contribution in [0, 0.1) is 6.92 Å². The van der Waals surface area contributed by atoms with Gasteiger partial charge in [0, 0.05) is 12.2 Å². The lowest BCUT2D eigenvalue weighted by atomic mass is 10.2. The fraction of sp³-hybridized carbons (Fsp3) is 0.130. The molecule has 156 valence electrons. The van der Waals surface area contributed by atoms with Crippen LogP contribution in [0.1, 0.15) is 20.8 Å². The van der Waals surface area contributed by atoms with E-state index in [1.807, 2.05) is 48.5 Å². The number of fused-ring (bicyclic) bond motifs is 1. The predicted octanol–water partition coefficient (Wildman–Crippen LogP) is 3.34. The van der Waals surface area contributed by atoms with Crippen LogP contribution in [0.25, 0.3) is 10.2 Å². The van der Waals surface area contributed by atoms with Crippen LogP contribution in [0.5, 0.6) is 0 Å². The third kappa shape index (κ3) is 4.54. The molecule has 0 atom stereocenters. The summed E-state index contributed by atoms with van der Waals surface area (Å²) in [4.78, 5) is 43.2. The Morgan fingerprint density at radius 1 is 1.03 bits per heavy atom. The molecule has 8 heteroatoms. The largest absolute Gasteiger partial charge is 0.350 e. The van der Waals surface area contributed by atoms with Gasteiger partial charge < -0.3 is 10.6 Å². The van der Waals surface area contributed by atoms with Crippen molar-refractivity contribution in [2.75, 3.05) is 5.32 Å². The summed E-state index contributed by atoms with van der Waals surface area (Å²) in [6.45, 7) is 1.96. The van der Waals surface area contributed by atoms with Crippen molar-refractivity contribution < 1.29 is 9.59 Å². The van der Waals surface area contributed by atoms with Gasteiger partial charge in [-0.3, -0.25) is 19.0 Å². The quantitative estimate of drug-likeness (QED) is 0.489. The molecule has 4 aromatic rings. The molecule has 2 heterocycles. The first-order chi connectivity index (χ1) is 15.0. The van der Waals surface area contributed by atoms with E-state index in [2.05, 4.69) is 15.6 Å². The maximum Gasteiger partial charge on any atom is 0.266 e. The van der Waals surface area contributed by atoms with Gasteiger partial charge in [0.2, 0.25) is 5.91 Å². The molecule has 2 aromatic heterocycles. The fourth-order valence-electron chi connectivity index (χ4n) is 3.20. The van der Waals surface area contributed by atoms with E-state index in [0.29, 0.717) is 32.9 Å². The van der Waals surface area contributed by atoms with Crippen LogP contribution in [-0.4, -0.2) is 21.4 Å². The number of hydrogen-bond acceptors (Lipinski definition) is 5. The number of amides is 2. The second-order valence-corrected chi connectivity index (χ2v) is 8.00. The summed E-state index contributed by atoms with van der Waals surface area (Å²) in [5.74, 6) is -0.583. The normalized spacial score (nSPS) is 10.7. The van der Waals surface area contributed by atoms with Crippen LogP contribution < -0.4 is 16.2 Å². The van der Waals surface area contributed by atoms with E-state index in [4.69, 9.17) is 0 Å². The number of nitrogens with one attached hydrogen (secondary N) is 2. The number of rotatable bonds is 6. The Labute approximate surface area is 182 Å². The highest BCUT2D eigenvalue weighted by atomic mass is 32.1.